The lowest BCUT2D eigenvalue weighted by Gasteiger charge is -2.05. The van der Waals surface area contributed by atoms with Crippen molar-refractivity contribution in [1.82, 2.24) is 9.97 Å². The summed E-state index contributed by atoms with van der Waals surface area (Å²) in [5.41, 5.74) is 11.1. The number of nitrogens with zero attached hydrogens (tertiary/aromatic N) is 1. The fraction of sp³-hybridized carbons (Fsp3) is 0.208. The molecule has 1 aliphatic rings. The van der Waals surface area contributed by atoms with Crippen LogP contribution >= 0.6 is 0 Å². The van der Waals surface area contributed by atoms with Gasteiger partial charge in [0.2, 0.25) is 5.91 Å². The first-order valence-corrected chi connectivity index (χ1v) is 10.2. The van der Waals surface area contributed by atoms with Gasteiger partial charge in [0, 0.05) is 28.4 Å². The van der Waals surface area contributed by atoms with Crippen molar-refractivity contribution in [3.63, 3.8) is 0 Å². The molecular weight excluding hydrogens is 408 g/mol. The topological polar surface area (TPSA) is 123 Å². The maximum Gasteiger partial charge on any atom is 0.341 e. The number of aromatic amines is 2. The molecule has 164 valence electrons. The molecule has 4 N–H and O–H groups in total. The molecule has 8 heteroatoms. The van der Waals surface area contributed by atoms with Crippen molar-refractivity contribution < 1.29 is 19.1 Å². The van der Waals surface area contributed by atoms with Crippen molar-refractivity contribution in [3.8, 4) is 0 Å². The number of nitrogens with two attached hydrogens (primary N) is 1. The van der Waals surface area contributed by atoms with Crippen molar-refractivity contribution in [2.75, 3.05) is 13.7 Å². The second-order valence-corrected chi connectivity index (χ2v) is 7.56. The van der Waals surface area contributed by atoms with Gasteiger partial charge in [-0.1, -0.05) is 18.2 Å². The zero-order valence-electron chi connectivity index (χ0n) is 18.1. The highest BCUT2D eigenvalue weighted by molar-refractivity contribution is 6.20. The summed E-state index contributed by atoms with van der Waals surface area (Å²) in [4.78, 5) is 35.2. The minimum Gasteiger partial charge on any atom is -0.494 e. The van der Waals surface area contributed by atoms with Crippen LogP contribution in [0.25, 0.3) is 17.0 Å². The summed E-state index contributed by atoms with van der Waals surface area (Å²) < 4.78 is 10.9. The number of para-hydroxylation sites is 1. The highest BCUT2D eigenvalue weighted by Crippen LogP contribution is 2.30. The molecule has 0 spiro atoms. The third kappa shape index (κ3) is 4.07. The SMILES string of the molecule is COC1=CC(c2[nH]c3ccccc3c2C(=O)OCCC(N)=O)=NC1=Cc1[nH]c(C)cc1C. The minimum atomic E-state index is -0.554. The van der Waals surface area contributed by atoms with Crippen LogP contribution in [-0.4, -0.2) is 41.3 Å². The van der Waals surface area contributed by atoms with Gasteiger partial charge >= 0.3 is 5.97 Å². The number of allylic oxidation sites excluding steroid dienone is 1. The number of aliphatic imine (C=N–C) groups is 1. The molecule has 1 amide bonds. The standard InChI is InChI=1S/C24H24N4O4/c1-13-10-14(2)26-17(13)11-18-20(31-3)12-19(27-18)23-22(24(30)32-9-8-21(25)29)15-6-4-5-7-16(15)28-23/h4-7,10-12,26,28H,8-9H2,1-3H3,(H2,25,29). The predicted molar refractivity (Wildman–Crippen MR) is 122 cm³/mol. The Labute approximate surface area is 184 Å². The number of hydrogen-bond acceptors (Lipinski definition) is 5. The highest BCUT2D eigenvalue weighted by atomic mass is 16.5. The van der Waals surface area contributed by atoms with E-state index in [1.807, 2.05) is 44.2 Å². The molecule has 0 atom stereocenters. The first-order valence-electron chi connectivity index (χ1n) is 10.2. The van der Waals surface area contributed by atoms with Gasteiger partial charge in [0.05, 0.1) is 30.5 Å². The normalized spacial score (nSPS) is 14.5. The van der Waals surface area contributed by atoms with Gasteiger partial charge < -0.3 is 25.2 Å². The molecule has 0 bridgehead atoms. The number of aromatic nitrogens is 2. The first-order chi connectivity index (χ1) is 15.4. The zero-order chi connectivity index (χ0) is 22.8. The average Bonchev–Trinajstić information content (AvgIpc) is 3.42. The maximum absolute atomic E-state index is 12.9. The number of carbonyl (C=O) groups excluding carboxylic acids is 2. The lowest BCUT2D eigenvalue weighted by Crippen LogP contribution is -2.16. The Balaban J connectivity index is 1.77. The van der Waals surface area contributed by atoms with Crippen molar-refractivity contribution in [3.05, 3.63) is 76.1 Å². The summed E-state index contributed by atoms with van der Waals surface area (Å²) in [6.07, 6.45) is 3.65. The number of fused-ring (bicyclic) bond motifs is 1. The Morgan fingerprint density at radius 1 is 1.19 bits per heavy atom. The van der Waals surface area contributed by atoms with Crippen molar-refractivity contribution >= 4 is 34.6 Å². The van der Waals surface area contributed by atoms with E-state index >= 15 is 0 Å². The second kappa shape index (κ2) is 8.58. The molecular formula is C24H24N4O4. The highest BCUT2D eigenvalue weighted by Gasteiger charge is 2.26. The van der Waals surface area contributed by atoms with Crippen molar-refractivity contribution in [2.24, 2.45) is 10.7 Å². The van der Waals surface area contributed by atoms with E-state index in [1.54, 1.807) is 13.2 Å². The molecule has 3 aromatic rings. The van der Waals surface area contributed by atoms with Crippen LogP contribution in [0.1, 0.15) is 39.4 Å². The summed E-state index contributed by atoms with van der Waals surface area (Å²) in [5, 5.41) is 0.704. The van der Waals surface area contributed by atoms with Crippen LogP contribution in [0, 0.1) is 13.8 Å². The monoisotopic (exact) mass is 432 g/mol. The molecule has 1 aliphatic heterocycles. The molecule has 32 heavy (non-hydrogen) atoms. The Hall–Kier alpha value is -4.07. The van der Waals surface area contributed by atoms with Crippen LogP contribution in [-0.2, 0) is 14.3 Å². The van der Waals surface area contributed by atoms with Gasteiger partial charge in [0.25, 0.3) is 0 Å². The number of ether oxygens (including phenoxy) is 2. The maximum atomic E-state index is 12.9. The van der Waals surface area contributed by atoms with E-state index in [0.29, 0.717) is 33.8 Å². The van der Waals surface area contributed by atoms with E-state index in [-0.39, 0.29) is 13.0 Å². The number of primary amides is 1. The van der Waals surface area contributed by atoms with Gasteiger partial charge in [-0.15, -0.1) is 0 Å². The van der Waals surface area contributed by atoms with Gasteiger partial charge in [-0.3, -0.25) is 4.79 Å². The minimum absolute atomic E-state index is 0.0418. The number of nitrogens with one attached hydrogen (secondary N) is 2. The number of methoxy groups -OCH3 is 1. The van der Waals surface area contributed by atoms with Gasteiger partial charge in [0.15, 0.2) is 0 Å². The molecule has 0 radical (unpaired) electrons. The van der Waals surface area contributed by atoms with Gasteiger partial charge in [-0.05, 0) is 37.6 Å². The summed E-state index contributed by atoms with van der Waals surface area (Å²) in [6.45, 7) is 3.92. The lowest BCUT2D eigenvalue weighted by atomic mass is 10.1. The van der Waals surface area contributed by atoms with E-state index in [1.165, 1.54) is 0 Å². The van der Waals surface area contributed by atoms with Crippen molar-refractivity contribution in [1.29, 1.82) is 0 Å². The van der Waals surface area contributed by atoms with Crippen LogP contribution < -0.4 is 5.73 Å². The fourth-order valence-corrected chi connectivity index (χ4v) is 3.71. The Kier molecular flexibility index (Phi) is 5.68. The van der Waals surface area contributed by atoms with Crippen molar-refractivity contribution in [2.45, 2.75) is 20.3 Å². The predicted octanol–water partition coefficient (Wildman–Crippen LogP) is 3.52. The smallest absolute Gasteiger partial charge is 0.341 e. The second-order valence-electron chi connectivity index (χ2n) is 7.56. The van der Waals surface area contributed by atoms with Crippen LogP contribution in [0.4, 0.5) is 0 Å². The van der Waals surface area contributed by atoms with E-state index in [4.69, 9.17) is 20.2 Å². The number of rotatable bonds is 7. The molecule has 0 unspecified atom stereocenters. The van der Waals surface area contributed by atoms with E-state index in [9.17, 15) is 9.59 Å². The summed E-state index contributed by atoms with van der Waals surface area (Å²) in [6, 6.07) is 9.48. The third-order valence-electron chi connectivity index (χ3n) is 5.20. The number of H-pyrrole nitrogens is 2. The van der Waals surface area contributed by atoms with Gasteiger partial charge in [0.1, 0.15) is 18.1 Å². The quantitative estimate of drug-likeness (QED) is 0.494. The third-order valence-corrected chi connectivity index (χ3v) is 5.20. The lowest BCUT2D eigenvalue weighted by molar-refractivity contribution is -0.118. The Bertz CT molecular complexity index is 1310. The number of esters is 1. The molecule has 0 saturated heterocycles. The Morgan fingerprint density at radius 2 is 1.97 bits per heavy atom. The summed E-state index contributed by atoms with van der Waals surface area (Å²) >= 11 is 0. The molecule has 0 saturated carbocycles. The molecule has 2 aromatic heterocycles. The Morgan fingerprint density at radius 3 is 2.66 bits per heavy atom. The summed E-state index contributed by atoms with van der Waals surface area (Å²) in [5.74, 6) is -0.505. The number of aryl methyl sites for hydroxylation is 2. The average molecular weight is 432 g/mol. The van der Waals surface area contributed by atoms with Crippen LogP contribution in [0.3, 0.4) is 0 Å². The van der Waals surface area contributed by atoms with E-state index in [2.05, 4.69) is 16.0 Å². The van der Waals surface area contributed by atoms with E-state index < -0.39 is 11.9 Å². The van der Waals surface area contributed by atoms with Crippen LogP contribution in [0.15, 0.2) is 52.9 Å². The molecule has 4 rings (SSSR count). The van der Waals surface area contributed by atoms with Gasteiger partial charge in [-0.2, -0.15) is 0 Å². The zero-order valence-corrected chi connectivity index (χ0v) is 18.1. The largest absolute Gasteiger partial charge is 0.494 e. The molecule has 8 nitrogen and oxygen atoms in total. The number of benzene rings is 1. The van der Waals surface area contributed by atoms with Crippen LogP contribution in [0.5, 0.6) is 0 Å². The molecule has 0 fully saturated rings. The number of carbonyl (C=O) groups is 2. The fourth-order valence-electron chi connectivity index (χ4n) is 3.71. The summed E-state index contributed by atoms with van der Waals surface area (Å²) in [7, 11) is 1.58. The molecule has 3 heterocycles. The molecule has 0 aliphatic carbocycles. The van der Waals surface area contributed by atoms with Crippen LogP contribution in [0.2, 0.25) is 0 Å². The first kappa shape index (κ1) is 21.2. The molecule has 1 aromatic carbocycles. The van der Waals surface area contributed by atoms with Gasteiger partial charge in [-0.25, -0.2) is 9.79 Å². The number of hydrogen-bond donors (Lipinski definition) is 3. The van der Waals surface area contributed by atoms with E-state index in [0.717, 1.165) is 22.5 Å². The number of amides is 1.